The molecule has 40 heavy (non-hydrogen) atoms. The minimum Gasteiger partial charge on any atom is -0.396 e. The van der Waals surface area contributed by atoms with Crippen molar-refractivity contribution in [1.29, 1.82) is 0 Å². The molecule has 2 heterocycles. The van der Waals surface area contributed by atoms with E-state index in [4.69, 9.17) is 0 Å². The number of aromatic amines is 1. The Hall–Kier alpha value is -3.59. The molecule has 1 saturated heterocycles. The molecule has 1 aromatic heterocycles. The first-order valence-corrected chi connectivity index (χ1v) is 13.7. The molecule has 4 rings (SSSR count). The number of hydrogen-bond acceptors (Lipinski definition) is 5. The summed E-state index contributed by atoms with van der Waals surface area (Å²) < 4.78 is 14.3. The van der Waals surface area contributed by atoms with Crippen molar-refractivity contribution in [2.24, 2.45) is 10.8 Å². The fourth-order valence-electron chi connectivity index (χ4n) is 6.04. The van der Waals surface area contributed by atoms with Gasteiger partial charge in [-0.05, 0) is 74.6 Å². The molecule has 1 fully saturated rings. The smallest absolute Gasteiger partial charge is 0.267 e. The fourth-order valence-corrected chi connectivity index (χ4v) is 6.04. The van der Waals surface area contributed by atoms with Gasteiger partial charge in [-0.3, -0.25) is 14.4 Å². The maximum atomic E-state index is 14.3. The molecule has 1 aliphatic carbocycles. The van der Waals surface area contributed by atoms with Crippen molar-refractivity contribution in [2.75, 3.05) is 13.2 Å². The van der Waals surface area contributed by atoms with E-state index in [9.17, 15) is 23.9 Å². The van der Waals surface area contributed by atoms with Gasteiger partial charge in [0.05, 0.1) is 18.8 Å². The molecule has 1 aromatic carbocycles. The summed E-state index contributed by atoms with van der Waals surface area (Å²) in [6, 6.07) is 6.49. The predicted molar refractivity (Wildman–Crippen MR) is 151 cm³/mol. The summed E-state index contributed by atoms with van der Waals surface area (Å²) in [5.41, 5.74) is 2.10. The molecular weight excluding hydrogens is 511 g/mol. The van der Waals surface area contributed by atoms with Gasteiger partial charge in [-0.2, -0.15) is 5.10 Å². The van der Waals surface area contributed by atoms with Gasteiger partial charge in [-0.1, -0.05) is 32.9 Å². The summed E-state index contributed by atoms with van der Waals surface area (Å²) >= 11 is 0. The van der Waals surface area contributed by atoms with Crippen LogP contribution in [0.5, 0.6) is 0 Å². The molecule has 0 radical (unpaired) electrons. The van der Waals surface area contributed by atoms with Crippen LogP contribution >= 0.6 is 0 Å². The van der Waals surface area contributed by atoms with Gasteiger partial charge in [-0.15, -0.1) is 0 Å². The van der Waals surface area contributed by atoms with Crippen molar-refractivity contribution < 1.29 is 19.1 Å². The number of carbonyl (C=O) groups is 2. The fraction of sp³-hybridized carbons (Fsp3) is 0.484. The Labute approximate surface area is 234 Å². The largest absolute Gasteiger partial charge is 0.396 e. The van der Waals surface area contributed by atoms with E-state index in [0.717, 1.165) is 11.1 Å². The average Bonchev–Trinajstić information content (AvgIpc) is 3.38. The van der Waals surface area contributed by atoms with Gasteiger partial charge in [0.2, 0.25) is 5.91 Å². The van der Waals surface area contributed by atoms with Crippen molar-refractivity contribution in [1.82, 2.24) is 20.4 Å². The topological polar surface area (TPSA) is 115 Å². The number of nitrogens with zero attached hydrogens (tertiary/aromatic N) is 2. The Morgan fingerprint density at radius 1 is 1.23 bits per heavy atom. The first kappa shape index (κ1) is 29.4. The molecule has 2 aliphatic rings. The number of likely N-dealkylation sites (tertiary alicyclic amines) is 1. The predicted octanol–water partition coefficient (Wildman–Crippen LogP) is 3.91. The maximum Gasteiger partial charge on any atom is 0.267 e. The summed E-state index contributed by atoms with van der Waals surface area (Å²) in [5.74, 6) is -0.957. The summed E-state index contributed by atoms with van der Waals surface area (Å²) in [6.07, 6.45) is 7.21. The highest BCUT2D eigenvalue weighted by atomic mass is 19.1. The summed E-state index contributed by atoms with van der Waals surface area (Å²) in [7, 11) is 0. The molecular formula is C31H39FN4O4. The molecule has 0 spiro atoms. The molecule has 0 bridgehead atoms. The maximum absolute atomic E-state index is 14.3. The van der Waals surface area contributed by atoms with Crippen LogP contribution in [0, 0.1) is 24.7 Å². The molecule has 2 amide bonds. The molecule has 1 aliphatic heterocycles. The van der Waals surface area contributed by atoms with Crippen molar-refractivity contribution in [3.63, 3.8) is 0 Å². The number of aliphatic hydroxyl groups excluding tert-OH is 1. The Morgan fingerprint density at radius 2 is 1.98 bits per heavy atom. The van der Waals surface area contributed by atoms with E-state index in [0.29, 0.717) is 42.5 Å². The van der Waals surface area contributed by atoms with E-state index < -0.39 is 10.8 Å². The molecule has 8 nitrogen and oxygen atoms in total. The second-order valence-electron chi connectivity index (χ2n) is 12.1. The Kier molecular flexibility index (Phi) is 8.44. The van der Waals surface area contributed by atoms with E-state index >= 15 is 0 Å². The number of allylic oxidation sites excluding steroid dienone is 3. The average molecular weight is 551 g/mol. The van der Waals surface area contributed by atoms with E-state index in [2.05, 4.69) is 15.5 Å². The van der Waals surface area contributed by atoms with E-state index in [1.807, 2.05) is 33.8 Å². The standard InChI is InChI=1S/C31H39FN4O4/c1-19-13-22(9-8-21(19)15-23-14-20(2)34-35-29(23)40)28(39)33-17-27(38)36-25(30(3,4)18-37)10-11-26(36)31(5)12-6-7-24(32)16-31/h6-9,13-14,16,25-26,37H,10-12,15,17-18H2,1-5H3,(H,33,39)(H,35,40)/t25-,26+,31?/m1/s1. The number of amides is 2. The number of aliphatic hydroxyl groups is 1. The third-order valence-corrected chi connectivity index (χ3v) is 8.44. The van der Waals surface area contributed by atoms with Crippen LogP contribution in [0.1, 0.15) is 72.8 Å². The lowest BCUT2D eigenvalue weighted by atomic mass is 9.75. The van der Waals surface area contributed by atoms with Crippen LogP contribution in [0.3, 0.4) is 0 Å². The van der Waals surface area contributed by atoms with Crippen LogP contribution < -0.4 is 10.9 Å². The zero-order chi connectivity index (χ0) is 29.2. The van der Waals surface area contributed by atoms with Crippen molar-refractivity contribution in [3.05, 3.63) is 86.6 Å². The van der Waals surface area contributed by atoms with Crippen LogP contribution in [0.15, 0.2) is 53.1 Å². The van der Waals surface area contributed by atoms with Crippen LogP contribution in [0.4, 0.5) is 4.39 Å². The minimum absolute atomic E-state index is 0.0993. The lowest BCUT2D eigenvalue weighted by Crippen LogP contribution is -2.55. The van der Waals surface area contributed by atoms with Crippen LogP contribution in [0.25, 0.3) is 0 Å². The monoisotopic (exact) mass is 550 g/mol. The van der Waals surface area contributed by atoms with Gasteiger partial charge >= 0.3 is 0 Å². The Balaban J connectivity index is 1.49. The van der Waals surface area contributed by atoms with E-state index in [1.165, 1.54) is 6.08 Å². The number of carbonyl (C=O) groups excluding carboxylic acids is 2. The lowest BCUT2D eigenvalue weighted by Gasteiger charge is -2.44. The molecule has 9 heteroatoms. The number of H-pyrrole nitrogens is 1. The molecule has 0 saturated carbocycles. The second kappa shape index (κ2) is 11.5. The quantitative estimate of drug-likeness (QED) is 0.461. The first-order chi connectivity index (χ1) is 18.8. The number of hydrogen-bond donors (Lipinski definition) is 3. The van der Waals surface area contributed by atoms with E-state index in [1.54, 1.807) is 42.2 Å². The zero-order valence-corrected chi connectivity index (χ0v) is 23.9. The van der Waals surface area contributed by atoms with Crippen molar-refractivity contribution in [2.45, 2.75) is 72.4 Å². The summed E-state index contributed by atoms with van der Waals surface area (Å²) in [5, 5.41) is 19.2. The lowest BCUT2D eigenvalue weighted by molar-refractivity contribution is -0.138. The first-order valence-electron chi connectivity index (χ1n) is 13.7. The number of aromatic nitrogens is 2. The van der Waals surface area contributed by atoms with E-state index in [-0.39, 0.29) is 48.4 Å². The molecule has 1 unspecified atom stereocenters. The summed E-state index contributed by atoms with van der Waals surface area (Å²) in [6.45, 7) is 9.17. The number of halogens is 1. The molecule has 2 aromatic rings. The molecule has 3 N–H and O–H groups in total. The van der Waals surface area contributed by atoms with Gasteiger partial charge in [0.15, 0.2) is 0 Å². The highest BCUT2D eigenvalue weighted by molar-refractivity contribution is 5.96. The minimum atomic E-state index is -0.583. The number of aryl methyl sites for hydroxylation is 2. The normalized spacial score (nSPS) is 22.8. The van der Waals surface area contributed by atoms with Crippen molar-refractivity contribution >= 4 is 11.8 Å². The Bertz CT molecular complexity index is 1410. The van der Waals surface area contributed by atoms with Gasteiger partial charge < -0.3 is 15.3 Å². The number of benzene rings is 1. The van der Waals surface area contributed by atoms with Gasteiger partial charge in [0.1, 0.15) is 5.83 Å². The van der Waals surface area contributed by atoms with Gasteiger partial charge in [0.25, 0.3) is 11.5 Å². The highest BCUT2D eigenvalue weighted by Gasteiger charge is 2.50. The van der Waals surface area contributed by atoms with Gasteiger partial charge in [0, 0.05) is 40.5 Å². The van der Waals surface area contributed by atoms with Crippen LogP contribution in [0.2, 0.25) is 0 Å². The van der Waals surface area contributed by atoms with Gasteiger partial charge in [-0.25, -0.2) is 9.49 Å². The van der Waals surface area contributed by atoms with Crippen LogP contribution in [-0.4, -0.2) is 57.3 Å². The molecule has 3 atom stereocenters. The Morgan fingerprint density at radius 3 is 2.65 bits per heavy atom. The SMILES string of the molecule is Cc1cc(Cc2ccc(C(=O)NCC(=O)N3[C@H](C4(C)C=C(F)C=CC4)CC[C@@H]3C(C)(C)CO)cc2C)c(=O)[nH]n1. The third kappa shape index (κ3) is 6.09. The molecule has 214 valence electrons. The zero-order valence-electron chi connectivity index (χ0n) is 23.9. The van der Waals surface area contributed by atoms with Crippen molar-refractivity contribution in [3.8, 4) is 0 Å². The number of rotatable bonds is 8. The third-order valence-electron chi connectivity index (χ3n) is 8.44. The number of nitrogens with one attached hydrogen (secondary N) is 2. The second-order valence-corrected chi connectivity index (χ2v) is 12.1. The summed E-state index contributed by atoms with van der Waals surface area (Å²) in [4.78, 5) is 40.6. The highest BCUT2D eigenvalue weighted by Crippen LogP contribution is 2.46. The van der Waals surface area contributed by atoms with Crippen LogP contribution in [-0.2, 0) is 11.2 Å².